The smallest absolute Gasteiger partial charge is 0.113 e. The van der Waals surface area contributed by atoms with Gasteiger partial charge in [-0.05, 0) is 54.8 Å². The van der Waals surface area contributed by atoms with Gasteiger partial charge in [0.25, 0.3) is 0 Å². The van der Waals surface area contributed by atoms with Gasteiger partial charge in [0.1, 0.15) is 5.76 Å². The second-order valence-corrected chi connectivity index (χ2v) is 4.57. The highest BCUT2D eigenvalue weighted by Crippen LogP contribution is 2.29. The highest BCUT2D eigenvalue weighted by molar-refractivity contribution is 7.08. The Balaban J connectivity index is 2.24. The molecule has 0 saturated carbocycles. The summed E-state index contributed by atoms with van der Waals surface area (Å²) in [5.74, 6) is 1.09. The van der Waals surface area contributed by atoms with Crippen LogP contribution in [0.15, 0.2) is 22.6 Å². The lowest BCUT2D eigenvalue weighted by Gasteiger charge is -2.23. The zero-order valence-electron chi connectivity index (χ0n) is 9.25. The van der Waals surface area contributed by atoms with Crippen LogP contribution in [0.3, 0.4) is 0 Å². The molecule has 0 fully saturated rings. The van der Waals surface area contributed by atoms with Crippen LogP contribution in [0, 0.1) is 6.92 Å². The zero-order chi connectivity index (χ0) is 10.7. The van der Waals surface area contributed by atoms with E-state index in [1.807, 2.05) is 7.05 Å². The van der Waals surface area contributed by atoms with Gasteiger partial charge in [-0.3, -0.25) is 0 Å². The maximum absolute atomic E-state index is 5.71. The molecule has 0 bridgehead atoms. The second-order valence-electron chi connectivity index (χ2n) is 3.83. The summed E-state index contributed by atoms with van der Waals surface area (Å²) in [4.78, 5) is 0. The van der Waals surface area contributed by atoms with Crippen molar-refractivity contribution >= 4 is 11.3 Å². The van der Waals surface area contributed by atoms with Crippen molar-refractivity contribution in [3.63, 3.8) is 0 Å². The predicted molar refractivity (Wildman–Crippen MR) is 64.1 cm³/mol. The van der Waals surface area contributed by atoms with Crippen molar-refractivity contribution in [1.29, 1.82) is 0 Å². The van der Waals surface area contributed by atoms with Crippen LogP contribution in [-0.4, -0.2) is 13.7 Å². The number of aryl methyl sites for hydroxylation is 1. The topological polar surface area (TPSA) is 21.3 Å². The monoisotopic (exact) mass is 223 g/mol. The van der Waals surface area contributed by atoms with Crippen molar-refractivity contribution in [2.75, 3.05) is 13.7 Å². The minimum Gasteiger partial charge on any atom is -0.496 e. The Morgan fingerprint density at radius 1 is 1.47 bits per heavy atom. The molecule has 2 rings (SSSR count). The molecule has 15 heavy (non-hydrogen) atoms. The Labute approximate surface area is 95.0 Å². The van der Waals surface area contributed by atoms with E-state index in [0.717, 1.165) is 25.2 Å². The van der Waals surface area contributed by atoms with Crippen LogP contribution in [0.25, 0.3) is 0 Å². The summed E-state index contributed by atoms with van der Waals surface area (Å²) in [7, 11) is 1.99. The molecule has 0 aliphatic carbocycles. The molecule has 0 saturated heterocycles. The number of ether oxygens (including phenoxy) is 1. The first kappa shape index (κ1) is 10.7. The van der Waals surface area contributed by atoms with Gasteiger partial charge in [0, 0.05) is 0 Å². The summed E-state index contributed by atoms with van der Waals surface area (Å²) >= 11 is 1.75. The first-order valence-corrected chi connectivity index (χ1v) is 6.30. The summed E-state index contributed by atoms with van der Waals surface area (Å²) in [5.41, 5.74) is 2.69. The molecule has 2 nitrogen and oxygen atoms in total. The van der Waals surface area contributed by atoms with E-state index in [1.54, 1.807) is 11.3 Å². The van der Waals surface area contributed by atoms with Crippen molar-refractivity contribution in [3.8, 4) is 0 Å². The lowest BCUT2D eigenvalue weighted by molar-refractivity contribution is 0.169. The zero-order valence-corrected chi connectivity index (χ0v) is 10.1. The molecule has 1 aromatic heterocycles. The average molecular weight is 223 g/mol. The fourth-order valence-corrected chi connectivity index (χ4v) is 2.77. The Kier molecular flexibility index (Phi) is 3.44. The minimum atomic E-state index is 0.233. The first-order valence-electron chi connectivity index (χ1n) is 5.35. The van der Waals surface area contributed by atoms with Crippen LogP contribution in [0.1, 0.15) is 30.0 Å². The Morgan fingerprint density at radius 2 is 2.33 bits per heavy atom. The van der Waals surface area contributed by atoms with Crippen LogP contribution in [0.5, 0.6) is 0 Å². The molecule has 0 aromatic carbocycles. The normalized spacial score (nSPS) is 18.1. The maximum Gasteiger partial charge on any atom is 0.113 e. The molecular weight excluding hydrogens is 206 g/mol. The van der Waals surface area contributed by atoms with Gasteiger partial charge in [0.15, 0.2) is 0 Å². The van der Waals surface area contributed by atoms with Crippen molar-refractivity contribution in [1.82, 2.24) is 5.32 Å². The van der Waals surface area contributed by atoms with Crippen LogP contribution in [0.2, 0.25) is 0 Å². The Bertz CT molecular complexity index is 356. The molecule has 1 aliphatic heterocycles. The molecule has 1 aliphatic rings. The van der Waals surface area contributed by atoms with Crippen LogP contribution < -0.4 is 5.32 Å². The molecular formula is C12H17NOS. The summed E-state index contributed by atoms with van der Waals surface area (Å²) in [6.07, 6.45) is 4.49. The van der Waals surface area contributed by atoms with E-state index < -0.39 is 0 Å². The minimum absolute atomic E-state index is 0.233. The molecule has 3 heteroatoms. The van der Waals surface area contributed by atoms with E-state index >= 15 is 0 Å². The molecule has 0 radical (unpaired) electrons. The highest BCUT2D eigenvalue weighted by Gasteiger charge is 2.20. The standard InChI is InChI=1S/C12H17NOS/c1-9-7-15-8-10(9)12(13-2)11-5-3-4-6-14-11/h5,7-8,12-13H,3-4,6H2,1-2H3. The lowest BCUT2D eigenvalue weighted by Crippen LogP contribution is -2.22. The van der Waals surface area contributed by atoms with Gasteiger partial charge >= 0.3 is 0 Å². The van der Waals surface area contributed by atoms with E-state index in [-0.39, 0.29) is 6.04 Å². The van der Waals surface area contributed by atoms with E-state index in [0.29, 0.717) is 0 Å². The summed E-state index contributed by atoms with van der Waals surface area (Å²) in [5, 5.41) is 7.72. The van der Waals surface area contributed by atoms with E-state index in [1.165, 1.54) is 11.1 Å². The SMILES string of the molecule is CNC(C1=CCCCO1)c1cscc1C. The van der Waals surface area contributed by atoms with Gasteiger partial charge in [-0.2, -0.15) is 11.3 Å². The lowest BCUT2D eigenvalue weighted by atomic mass is 10.0. The van der Waals surface area contributed by atoms with Gasteiger partial charge in [-0.1, -0.05) is 0 Å². The molecule has 82 valence electrons. The summed E-state index contributed by atoms with van der Waals surface area (Å²) in [6.45, 7) is 3.01. The largest absolute Gasteiger partial charge is 0.496 e. The van der Waals surface area contributed by atoms with Crippen molar-refractivity contribution in [2.24, 2.45) is 0 Å². The number of allylic oxidation sites excluding steroid dienone is 1. The molecule has 1 unspecified atom stereocenters. The van der Waals surface area contributed by atoms with Crippen molar-refractivity contribution in [2.45, 2.75) is 25.8 Å². The summed E-state index contributed by atoms with van der Waals surface area (Å²) < 4.78 is 5.71. The maximum atomic E-state index is 5.71. The number of likely N-dealkylation sites (N-methyl/N-ethyl adjacent to an activating group) is 1. The fraction of sp³-hybridized carbons (Fsp3) is 0.500. The molecule has 2 heterocycles. The molecule has 1 N–H and O–H groups in total. The molecule has 0 amide bonds. The summed E-state index contributed by atoms with van der Waals surface area (Å²) in [6, 6.07) is 0.233. The van der Waals surface area contributed by atoms with Crippen LogP contribution >= 0.6 is 11.3 Å². The molecule has 0 spiro atoms. The quantitative estimate of drug-likeness (QED) is 0.850. The Morgan fingerprint density at radius 3 is 2.87 bits per heavy atom. The van der Waals surface area contributed by atoms with E-state index in [4.69, 9.17) is 4.74 Å². The number of nitrogens with one attached hydrogen (secondary N) is 1. The third kappa shape index (κ3) is 2.24. The average Bonchev–Trinajstić information content (AvgIpc) is 2.68. The van der Waals surface area contributed by atoms with Crippen LogP contribution in [-0.2, 0) is 4.74 Å². The van der Waals surface area contributed by atoms with Crippen molar-refractivity contribution in [3.05, 3.63) is 33.7 Å². The number of rotatable bonds is 3. The van der Waals surface area contributed by atoms with E-state index in [9.17, 15) is 0 Å². The number of hydrogen-bond acceptors (Lipinski definition) is 3. The number of hydrogen-bond donors (Lipinski definition) is 1. The van der Waals surface area contributed by atoms with Gasteiger partial charge in [-0.25, -0.2) is 0 Å². The Hall–Kier alpha value is -0.800. The van der Waals surface area contributed by atoms with Crippen LogP contribution in [0.4, 0.5) is 0 Å². The molecule has 1 atom stereocenters. The predicted octanol–water partition coefficient (Wildman–Crippen LogP) is 3.01. The molecule has 1 aromatic rings. The van der Waals surface area contributed by atoms with E-state index in [2.05, 4.69) is 29.1 Å². The van der Waals surface area contributed by atoms with Gasteiger partial charge in [0.05, 0.1) is 12.6 Å². The van der Waals surface area contributed by atoms with Crippen molar-refractivity contribution < 1.29 is 4.74 Å². The fourth-order valence-electron chi connectivity index (χ4n) is 1.89. The van der Waals surface area contributed by atoms with Gasteiger partial charge < -0.3 is 10.1 Å². The van der Waals surface area contributed by atoms with Gasteiger partial charge in [-0.15, -0.1) is 0 Å². The third-order valence-electron chi connectivity index (χ3n) is 2.74. The number of thiophene rings is 1. The third-order valence-corrected chi connectivity index (χ3v) is 3.62. The highest BCUT2D eigenvalue weighted by atomic mass is 32.1. The first-order chi connectivity index (χ1) is 7.33. The van der Waals surface area contributed by atoms with Gasteiger partial charge in [0.2, 0.25) is 0 Å². The second kappa shape index (κ2) is 4.81.